The molecule has 226 valence electrons. The molecule has 5 rings (SSSR count). The van der Waals surface area contributed by atoms with Crippen molar-refractivity contribution in [2.75, 3.05) is 63.0 Å². The summed E-state index contributed by atoms with van der Waals surface area (Å²) in [4.78, 5) is 50.3. The number of fused-ring (bicyclic) bond motifs is 1. The molecule has 3 amide bonds. The maximum absolute atomic E-state index is 15.3. The van der Waals surface area contributed by atoms with Crippen LogP contribution in [-0.4, -0.2) is 90.4 Å². The minimum atomic E-state index is -0.682. The van der Waals surface area contributed by atoms with E-state index in [0.717, 1.165) is 0 Å². The molecule has 1 aliphatic rings. The Hall–Kier alpha value is -5.50. The van der Waals surface area contributed by atoms with Crippen molar-refractivity contribution in [3.05, 3.63) is 72.1 Å². The van der Waals surface area contributed by atoms with E-state index in [-0.39, 0.29) is 23.1 Å². The van der Waals surface area contributed by atoms with E-state index in [1.54, 1.807) is 39.6 Å². The second-order valence-electron chi connectivity index (χ2n) is 9.98. The third-order valence-electron chi connectivity index (χ3n) is 6.73. The van der Waals surface area contributed by atoms with Crippen molar-refractivity contribution in [1.29, 1.82) is 0 Å². The van der Waals surface area contributed by atoms with Gasteiger partial charge in [-0.15, -0.1) is 0 Å². The molecule has 0 radical (unpaired) electrons. The number of aliphatic imine (C=N–C) groups is 1. The van der Waals surface area contributed by atoms with Crippen LogP contribution in [0.25, 0.3) is 28.0 Å². The van der Waals surface area contributed by atoms with Crippen molar-refractivity contribution < 1.29 is 18.7 Å². The molecule has 0 saturated carbocycles. The highest BCUT2D eigenvalue weighted by atomic mass is 19.1. The normalized spacial score (nSPS) is 13.7. The predicted octanol–water partition coefficient (Wildman–Crippen LogP) is 3.41. The van der Waals surface area contributed by atoms with Crippen LogP contribution in [0.3, 0.4) is 0 Å². The van der Waals surface area contributed by atoms with Crippen molar-refractivity contribution in [1.82, 2.24) is 24.8 Å². The Morgan fingerprint density at radius 1 is 1.07 bits per heavy atom. The summed E-state index contributed by atoms with van der Waals surface area (Å²) in [7, 11) is 4.88. The summed E-state index contributed by atoms with van der Waals surface area (Å²) in [6, 6.07) is 8.50. The topological polar surface area (TPSA) is 164 Å². The van der Waals surface area contributed by atoms with Crippen molar-refractivity contribution in [3.63, 3.8) is 0 Å². The molecule has 3 aromatic heterocycles. The fourth-order valence-electron chi connectivity index (χ4n) is 4.50. The molecular weight excluding hydrogens is 567 g/mol. The van der Waals surface area contributed by atoms with Crippen molar-refractivity contribution in [2.45, 2.75) is 0 Å². The first-order chi connectivity index (χ1) is 21.3. The van der Waals surface area contributed by atoms with Gasteiger partial charge in [0.05, 0.1) is 36.3 Å². The number of nitrogens with zero attached hydrogens (tertiary/aromatic N) is 7. The van der Waals surface area contributed by atoms with E-state index < -0.39 is 11.8 Å². The van der Waals surface area contributed by atoms with Crippen LogP contribution >= 0.6 is 0 Å². The van der Waals surface area contributed by atoms with E-state index >= 15 is 4.39 Å². The first-order valence-electron chi connectivity index (χ1n) is 13.7. The van der Waals surface area contributed by atoms with Gasteiger partial charge < -0.3 is 30.9 Å². The van der Waals surface area contributed by atoms with E-state index in [1.165, 1.54) is 41.6 Å². The number of nitrogens with one attached hydrogen (secondary N) is 2. The average Bonchev–Trinajstić information content (AvgIpc) is 3.04. The minimum absolute atomic E-state index is 0.0478. The summed E-state index contributed by atoms with van der Waals surface area (Å²) < 4.78 is 20.8. The van der Waals surface area contributed by atoms with E-state index in [2.05, 4.69) is 30.5 Å². The van der Waals surface area contributed by atoms with E-state index in [0.29, 0.717) is 65.5 Å². The number of benzene rings is 1. The molecule has 0 unspecified atom stereocenters. The molecule has 1 saturated heterocycles. The summed E-state index contributed by atoms with van der Waals surface area (Å²) in [5, 5.41) is 5.07. The Bertz CT molecular complexity index is 1750. The number of nitrogens with two attached hydrogens (primary N) is 1. The van der Waals surface area contributed by atoms with Crippen LogP contribution in [0.4, 0.5) is 26.4 Å². The molecule has 0 atom stereocenters. The van der Waals surface area contributed by atoms with Gasteiger partial charge in [-0.1, -0.05) is 0 Å². The van der Waals surface area contributed by atoms with Crippen LogP contribution < -0.4 is 21.3 Å². The lowest BCUT2D eigenvalue weighted by atomic mass is 10.1. The van der Waals surface area contributed by atoms with Crippen molar-refractivity contribution in [2.24, 2.45) is 10.7 Å². The number of allylic oxidation sites excluding steroid dienone is 1. The number of amides is 3. The molecule has 4 aromatic rings. The number of rotatable bonds is 7. The fourth-order valence-corrected chi connectivity index (χ4v) is 4.50. The van der Waals surface area contributed by atoms with Gasteiger partial charge in [0.1, 0.15) is 17.0 Å². The van der Waals surface area contributed by atoms with Gasteiger partial charge in [0.15, 0.2) is 11.6 Å². The standard InChI is InChI=1S/C30H31FN10O3/c1-33-15-20(14-32)19-13-25-26(35-16-19)28(41-8-10-44-11-9-41)39-27(37-25)18-4-6-23(22(31)12-18)38-30(43)36-21-5-7-24(34-17-21)29(42)40(2)3/h4-7,12-17H,8-11,32H2,1-3H3,(H2,36,38,43). The molecule has 0 aliphatic carbocycles. The summed E-state index contributed by atoms with van der Waals surface area (Å²) in [6.07, 6.45) is 6.10. The third kappa shape index (κ3) is 6.60. The fraction of sp³-hybridized carbons (Fsp3) is 0.233. The molecule has 1 aliphatic heterocycles. The average molecular weight is 599 g/mol. The highest BCUT2D eigenvalue weighted by molar-refractivity contribution is 6.10. The third-order valence-corrected chi connectivity index (χ3v) is 6.73. The van der Waals surface area contributed by atoms with E-state index in [4.69, 9.17) is 20.4 Å². The Balaban J connectivity index is 1.41. The number of halogens is 1. The van der Waals surface area contributed by atoms with Gasteiger partial charge in [-0.05, 0) is 36.4 Å². The van der Waals surface area contributed by atoms with E-state index in [1.807, 2.05) is 6.07 Å². The van der Waals surface area contributed by atoms with Gasteiger partial charge in [-0.3, -0.25) is 14.8 Å². The molecule has 0 spiro atoms. The Labute approximate surface area is 252 Å². The number of anilines is 3. The highest BCUT2D eigenvalue weighted by Crippen LogP contribution is 2.30. The summed E-state index contributed by atoms with van der Waals surface area (Å²) in [6.45, 7) is 2.30. The number of morpholine rings is 1. The summed E-state index contributed by atoms with van der Waals surface area (Å²) in [5.41, 5.74) is 9.26. The largest absolute Gasteiger partial charge is 0.404 e. The van der Waals surface area contributed by atoms with Gasteiger partial charge in [0, 0.05) is 69.5 Å². The maximum Gasteiger partial charge on any atom is 0.323 e. The lowest BCUT2D eigenvalue weighted by molar-refractivity contribution is 0.0822. The van der Waals surface area contributed by atoms with Crippen molar-refractivity contribution >= 4 is 52.0 Å². The number of carbonyl (C=O) groups excluding carboxylic acids is 2. The Morgan fingerprint density at radius 2 is 1.86 bits per heavy atom. The van der Waals surface area contributed by atoms with Gasteiger partial charge in [-0.25, -0.2) is 24.1 Å². The van der Waals surface area contributed by atoms with Gasteiger partial charge in [-0.2, -0.15) is 0 Å². The number of hydrogen-bond acceptors (Lipinski definition) is 10. The van der Waals surface area contributed by atoms with Crippen LogP contribution in [0.5, 0.6) is 0 Å². The molecule has 1 fully saturated rings. The highest BCUT2D eigenvalue weighted by Gasteiger charge is 2.20. The van der Waals surface area contributed by atoms with Crippen LogP contribution in [0.2, 0.25) is 0 Å². The molecule has 4 N–H and O–H groups in total. The number of aromatic nitrogens is 4. The Kier molecular flexibility index (Phi) is 9.00. The number of urea groups is 1. The van der Waals surface area contributed by atoms with Gasteiger partial charge >= 0.3 is 6.03 Å². The lowest BCUT2D eigenvalue weighted by Gasteiger charge is -2.28. The summed E-state index contributed by atoms with van der Waals surface area (Å²) in [5.74, 6) is -0.0565. The van der Waals surface area contributed by atoms with Crippen molar-refractivity contribution in [3.8, 4) is 11.4 Å². The molecule has 14 heteroatoms. The molecule has 44 heavy (non-hydrogen) atoms. The predicted molar refractivity (Wildman–Crippen MR) is 167 cm³/mol. The molecule has 4 heterocycles. The molecular formula is C30H31FN10O3. The minimum Gasteiger partial charge on any atom is -0.404 e. The van der Waals surface area contributed by atoms with Crippen LogP contribution in [0, 0.1) is 5.82 Å². The van der Waals surface area contributed by atoms with Crippen LogP contribution in [0.15, 0.2) is 60.0 Å². The van der Waals surface area contributed by atoms with Crippen LogP contribution in [-0.2, 0) is 4.74 Å². The number of ether oxygens (including phenoxy) is 1. The monoisotopic (exact) mass is 598 g/mol. The number of pyridine rings is 2. The smallest absolute Gasteiger partial charge is 0.323 e. The molecule has 0 bridgehead atoms. The second kappa shape index (κ2) is 13.2. The quantitative estimate of drug-likeness (QED) is 0.271. The summed E-state index contributed by atoms with van der Waals surface area (Å²) >= 11 is 0. The number of hydrogen-bond donors (Lipinski definition) is 3. The Morgan fingerprint density at radius 3 is 2.52 bits per heavy atom. The zero-order valence-corrected chi connectivity index (χ0v) is 24.4. The van der Waals surface area contributed by atoms with Crippen LogP contribution in [0.1, 0.15) is 16.1 Å². The molecule has 13 nitrogen and oxygen atoms in total. The zero-order chi connectivity index (χ0) is 31.2. The number of carbonyl (C=O) groups is 2. The first-order valence-corrected chi connectivity index (χ1v) is 13.7. The lowest BCUT2D eigenvalue weighted by Crippen LogP contribution is -2.37. The van der Waals surface area contributed by atoms with Gasteiger partial charge in [0.2, 0.25) is 0 Å². The first kappa shape index (κ1) is 30.0. The molecule has 1 aromatic carbocycles. The zero-order valence-electron chi connectivity index (χ0n) is 24.4. The second-order valence-corrected chi connectivity index (χ2v) is 9.98. The van der Waals surface area contributed by atoms with E-state index in [9.17, 15) is 9.59 Å². The maximum atomic E-state index is 15.3. The van der Waals surface area contributed by atoms with Gasteiger partial charge in [0.25, 0.3) is 5.91 Å². The SMILES string of the molecule is CN=CC(=CN)c1cnc2c(N3CCOCC3)nc(-c3ccc(NC(=O)Nc4ccc(C(=O)N(C)C)nc4)c(F)c3)nc2c1.